The fourth-order valence-corrected chi connectivity index (χ4v) is 5.30. The van der Waals surface area contributed by atoms with Crippen LogP contribution in [-0.2, 0) is 25.7 Å². The average Bonchev–Trinajstić information content (AvgIpc) is 3.45. The molecule has 1 saturated heterocycles. The van der Waals surface area contributed by atoms with Gasteiger partial charge in [0.25, 0.3) is 0 Å². The first-order valence-corrected chi connectivity index (χ1v) is 11.5. The number of fused-ring (bicyclic) bond motifs is 2. The van der Waals surface area contributed by atoms with Gasteiger partial charge in [-0.25, -0.2) is 9.78 Å². The number of amides is 2. The number of imidazole rings is 1. The molecule has 2 amide bonds. The van der Waals surface area contributed by atoms with E-state index in [0.717, 1.165) is 68.2 Å². The number of benzene rings is 1. The van der Waals surface area contributed by atoms with E-state index < -0.39 is 0 Å². The van der Waals surface area contributed by atoms with Crippen molar-refractivity contribution in [1.29, 1.82) is 0 Å². The minimum absolute atomic E-state index is 0.0157. The summed E-state index contributed by atoms with van der Waals surface area (Å²) in [5.74, 6) is 1.13. The van der Waals surface area contributed by atoms with Gasteiger partial charge in [0.1, 0.15) is 5.82 Å². The summed E-state index contributed by atoms with van der Waals surface area (Å²) in [6, 6.07) is 10.1. The van der Waals surface area contributed by atoms with Crippen molar-refractivity contribution in [1.82, 2.24) is 34.4 Å². The van der Waals surface area contributed by atoms with Crippen molar-refractivity contribution in [3.63, 3.8) is 0 Å². The average molecular weight is 434 g/mol. The lowest BCUT2D eigenvalue weighted by Gasteiger charge is -2.50. The van der Waals surface area contributed by atoms with E-state index in [-0.39, 0.29) is 11.6 Å². The van der Waals surface area contributed by atoms with Crippen molar-refractivity contribution in [3.05, 3.63) is 60.3 Å². The maximum Gasteiger partial charge on any atom is 0.317 e. The highest BCUT2D eigenvalue weighted by Crippen LogP contribution is 2.42. The molecule has 1 fully saturated rings. The third-order valence-corrected chi connectivity index (χ3v) is 7.02. The fourth-order valence-electron chi connectivity index (χ4n) is 5.30. The van der Waals surface area contributed by atoms with Crippen molar-refractivity contribution < 1.29 is 4.79 Å². The van der Waals surface area contributed by atoms with Crippen LogP contribution in [0.15, 0.2) is 48.9 Å². The van der Waals surface area contributed by atoms with Crippen molar-refractivity contribution >= 4 is 6.03 Å². The van der Waals surface area contributed by atoms with Crippen LogP contribution < -0.4 is 5.32 Å². The minimum Gasteiger partial charge on any atom is -0.334 e. The summed E-state index contributed by atoms with van der Waals surface area (Å²) in [7, 11) is 1.94. The number of nitrogens with zero attached hydrogens (tertiary/aromatic N) is 6. The number of nitrogens with one attached hydrogen (secondary N) is 1. The molecule has 0 saturated carbocycles. The number of carbonyl (C=O) groups excluding carboxylic acids is 1. The topological polar surface area (TPSA) is 71.2 Å². The molecule has 1 aromatic carbocycles. The first kappa shape index (κ1) is 20.8. The Morgan fingerprint density at radius 1 is 1.09 bits per heavy atom. The Morgan fingerprint density at radius 3 is 2.56 bits per heavy atom. The molecule has 8 heteroatoms. The molecular formula is C24H31N7O. The number of aromatic nitrogens is 4. The van der Waals surface area contributed by atoms with Crippen LogP contribution in [0.4, 0.5) is 4.79 Å². The summed E-state index contributed by atoms with van der Waals surface area (Å²) in [5, 5.41) is 7.41. The lowest BCUT2D eigenvalue weighted by atomic mass is 9.83. The second-order valence-electron chi connectivity index (χ2n) is 8.76. The highest BCUT2D eigenvalue weighted by molar-refractivity contribution is 5.74. The second-order valence-corrected chi connectivity index (χ2v) is 8.76. The van der Waals surface area contributed by atoms with Crippen LogP contribution in [0.25, 0.3) is 11.3 Å². The molecule has 0 aliphatic carbocycles. The summed E-state index contributed by atoms with van der Waals surface area (Å²) in [6.07, 6.45) is 7.73. The Kier molecular flexibility index (Phi) is 5.46. The van der Waals surface area contributed by atoms with Gasteiger partial charge < -0.3 is 14.8 Å². The van der Waals surface area contributed by atoms with Gasteiger partial charge >= 0.3 is 6.03 Å². The van der Waals surface area contributed by atoms with E-state index in [0.29, 0.717) is 6.54 Å². The monoisotopic (exact) mass is 433 g/mol. The smallest absolute Gasteiger partial charge is 0.317 e. The van der Waals surface area contributed by atoms with Crippen LogP contribution in [0.1, 0.15) is 31.2 Å². The zero-order valence-corrected chi connectivity index (χ0v) is 18.9. The van der Waals surface area contributed by atoms with Crippen LogP contribution in [0.5, 0.6) is 0 Å². The molecule has 168 valence electrons. The van der Waals surface area contributed by atoms with Crippen molar-refractivity contribution in [3.8, 4) is 11.3 Å². The maximum atomic E-state index is 12.8. The molecule has 4 heterocycles. The molecule has 1 spiro atoms. The van der Waals surface area contributed by atoms with Crippen molar-refractivity contribution in [2.75, 3.05) is 26.2 Å². The van der Waals surface area contributed by atoms with Gasteiger partial charge in [-0.15, -0.1) is 0 Å². The molecule has 32 heavy (non-hydrogen) atoms. The standard InChI is InChI=1S/C24H31N7O/c1-3-30-13-14-31-21(20-16-27-28(2)18-20)17-25-22(31)24(30)9-11-29(12-10-24)23(32)26-15-19-7-5-4-6-8-19/h4-8,16-18H,3,9-15H2,1-2H3,(H,26,32). The van der Waals surface area contributed by atoms with Crippen LogP contribution in [0.2, 0.25) is 0 Å². The van der Waals surface area contributed by atoms with Crippen molar-refractivity contribution in [2.24, 2.45) is 7.05 Å². The molecule has 0 radical (unpaired) electrons. The normalized spacial score (nSPS) is 18.0. The predicted octanol–water partition coefficient (Wildman–Crippen LogP) is 2.82. The van der Waals surface area contributed by atoms with E-state index in [4.69, 9.17) is 4.98 Å². The SMILES string of the molecule is CCN1CCn2c(-c3cnn(C)c3)cnc2C12CCN(C(=O)NCc1ccccc1)CC2. The molecule has 2 aliphatic heterocycles. The Labute approximate surface area is 188 Å². The van der Waals surface area contributed by atoms with Crippen LogP contribution >= 0.6 is 0 Å². The summed E-state index contributed by atoms with van der Waals surface area (Å²) in [4.78, 5) is 22.2. The van der Waals surface area contributed by atoms with E-state index in [1.54, 1.807) is 0 Å². The lowest BCUT2D eigenvalue weighted by molar-refractivity contribution is 0.00269. The number of hydrogen-bond acceptors (Lipinski definition) is 4. The summed E-state index contributed by atoms with van der Waals surface area (Å²) < 4.78 is 4.20. The molecule has 0 atom stereocenters. The first-order chi connectivity index (χ1) is 15.6. The van der Waals surface area contributed by atoms with Gasteiger partial charge in [0, 0.05) is 51.5 Å². The Hall–Kier alpha value is -3.13. The van der Waals surface area contributed by atoms with E-state index in [2.05, 4.69) is 26.8 Å². The maximum absolute atomic E-state index is 12.8. The second kappa shape index (κ2) is 8.43. The zero-order chi connectivity index (χ0) is 22.1. The summed E-state index contributed by atoms with van der Waals surface area (Å²) >= 11 is 0. The fraction of sp³-hybridized carbons (Fsp3) is 0.458. The number of rotatable bonds is 4. The van der Waals surface area contributed by atoms with Gasteiger partial charge in [-0.2, -0.15) is 5.10 Å². The highest BCUT2D eigenvalue weighted by atomic mass is 16.2. The molecule has 1 N–H and O–H groups in total. The Balaban J connectivity index is 1.33. The molecule has 0 unspecified atom stereocenters. The number of urea groups is 1. The molecular weight excluding hydrogens is 402 g/mol. The number of likely N-dealkylation sites (tertiary alicyclic amines) is 1. The van der Waals surface area contributed by atoms with E-state index >= 15 is 0 Å². The molecule has 3 aromatic rings. The van der Waals surface area contributed by atoms with E-state index in [1.165, 1.54) is 0 Å². The molecule has 5 rings (SSSR count). The van der Waals surface area contributed by atoms with Gasteiger partial charge in [-0.1, -0.05) is 37.3 Å². The molecule has 2 aromatic heterocycles. The van der Waals surface area contributed by atoms with Crippen LogP contribution in [0.3, 0.4) is 0 Å². The van der Waals surface area contributed by atoms with Gasteiger partial charge in [0.05, 0.1) is 23.6 Å². The lowest BCUT2D eigenvalue weighted by Crippen LogP contribution is -2.59. The third kappa shape index (κ3) is 3.58. The number of hydrogen-bond donors (Lipinski definition) is 1. The number of piperidine rings is 1. The van der Waals surface area contributed by atoms with Gasteiger partial charge in [0.2, 0.25) is 0 Å². The number of likely N-dealkylation sites (N-methyl/N-ethyl adjacent to an activating group) is 1. The number of carbonyl (C=O) groups is 1. The molecule has 2 aliphatic rings. The van der Waals surface area contributed by atoms with Gasteiger partial charge in [-0.05, 0) is 24.9 Å². The number of aryl methyl sites for hydroxylation is 1. The first-order valence-electron chi connectivity index (χ1n) is 11.5. The summed E-state index contributed by atoms with van der Waals surface area (Å²) in [5.41, 5.74) is 3.22. The van der Waals surface area contributed by atoms with E-state index in [9.17, 15) is 4.79 Å². The van der Waals surface area contributed by atoms with Crippen LogP contribution in [-0.4, -0.2) is 61.3 Å². The third-order valence-electron chi connectivity index (χ3n) is 7.02. The Bertz CT molecular complexity index is 1080. The van der Waals surface area contributed by atoms with Gasteiger partial charge in [-0.3, -0.25) is 9.58 Å². The quantitative estimate of drug-likeness (QED) is 0.687. The highest BCUT2D eigenvalue weighted by Gasteiger charge is 2.47. The predicted molar refractivity (Wildman–Crippen MR) is 123 cm³/mol. The molecule has 0 bridgehead atoms. The van der Waals surface area contributed by atoms with Crippen LogP contribution in [0, 0.1) is 0 Å². The zero-order valence-electron chi connectivity index (χ0n) is 18.9. The Morgan fingerprint density at radius 2 is 1.88 bits per heavy atom. The summed E-state index contributed by atoms with van der Waals surface area (Å²) in [6.45, 7) is 7.14. The minimum atomic E-state index is -0.121. The van der Waals surface area contributed by atoms with Crippen molar-refractivity contribution in [2.45, 2.75) is 38.4 Å². The molecule has 8 nitrogen and oxygen atoms in total. The van der Waals surface area contributed by atoms with Gasteiger partial charge in [0.15, 0.2) is 0 Å². The van der Waals surface area contributed by atoms with E-state index in [1.807, 2.05) is 65.6 Å². The largest absolute Gasteiger partial charge is 0.334 e.